The highest BCUT2D eigenvalue weighted by Crippen LogP contribution is 2.18. The van der Waals surface area contributed by atoms with E-state index in [1.165, 1.54) is 6.33 Å². The van der Waals surface area contributed by atoms with Crippen molar-refractivity contribution in [3.8, 4) is 0 Å². The zero-order valence-corrected chi connectivity index (χ0v) is 9.82. The molecule has 0 aliphatic carbocycles. The molecular formula is C10H10ClN5O. The zero-order valence-electron chi connectivity index (χ0n) is 9.07. The Bertz CT molecular complexity index is 539. The van der Waals surface area contributed by atoms with Gasteiger partial charge in [0.15, 0.2) is 6.29 Å². The van der Waals surface area contributed by atoms with Gasteiger partial charge in [-0.25, -0.2) is 9.97 Å². The van der Waals surface area contributed by atoms with Crippen LogP contribution < -0.4 is 5.32 Å². The van der Waals surface area contributed by atoms with Gasteiger partial charge in [0.05, 0.1) is 11.8 Å². The molecule has 2 aromatic rings. The molecule has 0 saturated heterocycles. The number of hydrogen-bond acceptors (Lipinski definition) is 5. The van der Waals surface area contributed by atoms with Crippen LogP contribution in [0.25, 0.3) is 0 Å². The second-order valence-electron chi connectivity index (χ2n) is 3.42. The number of aromatic amines is 1. The van der Waals surface area contributed by atoms with E-state index in [1.54, 1.807) is 6.20 Å². The maximum Gasteiger partial charge on any atom is 0.156 e. The Morgan fingerprint density at radius 1 is 1.53 bits per heavy atom. The van der Waals surface area contributed by atoms with Crippen molar-refractivity contribution in [2.45, 2.75) is 13.5 Å². The number of carbonyl (C=O) groups excluding carboxylic acids is 1. The van der Waals surface area contributed by atoms with Crippen LogP contribution in [0.5, 0.6) is 0 Å². The van der Waals surface area contributed by atoms with Crippen LogP contribution in [-0.4, -0.2) is 26.5 Å². The quantitative estimate of drug-likeness (QED) is 0.637. The van der Waals surface area contributed by atoms with E-state index in [9.17, 15) is 4.79 Å². The molecule has 2 heterocycles. The summed E-state index contributed by atoms with van der Waals surface area (Å²) in [4.78, 5) is 18.6. The standard InChI is InChI=1S/C10H10ClN5O/c1-6-7(3-15-16-6)2-12-10-8(4-17)9(11)13-5-14-10/h3-5H,2H2,1H3,(H,15,16)(H,12,13,14). The van der Waals surface area contributed by atoms with Gasteiger partial charge in [-0.2, -0.15) is 5.10 Å². The fourth-order valence-corrected chi connectivity index (χ4v) is 1.53. The first kappa shape index (κ1) is 11.5. The lowest BCUT2D eigenvalue weighted by atomic mass is 10.2. The molecule has 0 aliphatic rings. The van der Waals surface area contributed by atoms with Gasteiger partial charge in [-0.05, 0) is 6.92 Å². The van der Waals surface area contributed by atoms with Crippen LogP contribution >= 0.6 is 11.6 Å². The Kier molecular flexibility index (Phi) is 3.34. The van der Waals surface area contributed by atoms with Gasteiger partial charge in [-0.15, -0.1) is 0 Å². The lowest BCUT2D eigenvalue weighted by molar-refractivity contribution is 0.112. The number of rotatable bonds is 4. The third kappa shape index (κ3) is 2.42. The normalized spacial score (nSPS) is 10.2. The maximum absolute atomic E-state index is 10.9. The number of anilines is 1. The number of H-pyrrole nitrogens is 1. The average Bonchev–Trinajstić information content (AvgIpc) is 2.72. The molecule has 0 saturated carbocycles. The second-order valence-corrected chi connectivity index (χ2v) is 3.78. The van der Waals surface area contributed by atoms with E-state index < -0.39 is 0 Å². The molecule has 2 aromatic heterocycles. The minimum Gasteiger partial charge on any atom is -0.365 e. The van der Waals surface area contributed by atoms with Crippen LogP contribution in [0.1, 0.15) is 21.6 Å². The third-order valence-corrected chi connectivity index (χ3v) is 2.63. The van der Waals surface area contributed by atoms with E-state index in [-0.39, 0.29) is 10.7 Å². The SMILES string of the molecule is Cc1[nH]ncc1CNc1ncnc(Cl)c1C=O. The maximum atomic E-state index is 10.9. The van der Waals surface area contributed by atoms with Crippen LogP contribution in [0.15, 0.2) is 12.5 Å². The summed E-state index contributed by atoms with van der Waals surface area (Å²) in [6.07, 6.45) is 3.65. The number of halogens is 1. The topological polar surface area (TPSA) is 83.6 Å². The summed E-state index contributed by atoms with van der Waals surface area (Å²) in [6, 6.07) is 0. The van der Waals surface area contributed by atoms with E-state index in [0.717, 1.165) is 11.3 Å². The average molecular weight is 252 g/mol. The highest BCUT2D eigenvalue weighted by Gasteiger charge is 2.09. The van der Waals surface area contributed by atoms with Crippen molar-refractivity contribution in [2.75, 3.05) is 5.32 Å². The molecule has 88 valence electrons. The third-order valence-electron chi connectivity index (χ3n) is 2.33. The van der Waals surface area contributed by atoms with Crippen LogP contribution in [0.2, 0.25) is 5.15 Å². The number of nitrogens with one attached hydrogen (secondary N) is 2. The van der Waals surface area contributed by atoms with Crippen LogP contribution in [0, 0.1) is 6.92 Å². The summed E-state index contributed by atoms with van der Waals surface area (Å²) >= 11 is 5.78. The molecule has 0 aliphatic heterocycles. The molecule has 2 rings (SSSR count). The molecule has 17 heavy (non-hydrogen) atoms. The molecule has 0 amide bonds. The first-order chi connectivity index (χ1) is 8.22. The summed E-state index contributed by atoms with van der Waals surface area (Å²) in [5.74, 6) is 0.417. The lowest BCUT2D eigenvalue weighted by Crippen LogP contribution is -2.05. The van der Waals surface area contributed by atoms with Crippen molar-refractivity contribution in [3.05, 3.63) is 34.5 Å². The smallest absolute Gasteiger partial charge is 0.156 e. The minimum absolute atomic E-state index is 0.140. The van der Waals surface area contributed by atoms with E-state index in [0.29, 0.717) is 18.6 Å². The number of aryl methyl sites for hydroxylation is 1. The molecule has 6 nitrogen and oxygen atoms in total. The van der Waals surface area contributed by atoms with Crippen molar-refractivity contribution in [1.82, 2.24) is 20.2 Å². The summed E-state index contributed by atoms with van der Waals surface area (Å²) < 4.78 is 0. The van der Waals surface area contributed by atoms with Gasteiger partial charge in [0.1, 0.15) is 17.3 Å². The van der Waals surface area contributed by atoms with Gasteiger partial charge in [0.25, 0.3) is 0 Å². The highest BCUT2D eigenvalue weighted by molar-refractivity contribution is 6.32. The lowest BCUT2D eigenvalue weighted by Gasteiger charge is -2.07. The molecule has 7 heteroatoms. The molecule has 2 N–H and O–H groups in total. The Morgan fingerprint density at radius 3 is 3.00 bits per heavy atom. The van der Waals surface area contributed by atoms with Crippen LogP contribution in [-0.2, 0) is 6.54 Å². The highest BCUT2D eigenvalue weighted by atomic mass is 35.5. The van der Waals surface area contributed by atoms with Gasteiger partial charge in [0.2, 0.25) is 0 Å². The Labute approximate surface area is 102 Å². The summed E-state index contributed by atoms with van der Waals surface area (Å²) in [5.41, 5.74) is 2.22. The van der Waals surface area contributed by atoms with Gasteiger partial charge in [-0.3, -0.25) is 9.89 Å². The largest absolute Gasteiger partial charge is 0.365 e. The van der Waals surface area contributed by atoms with Crippen molar-refractivity contribution >= 4 is 23.7 Å². The first-order valence-corrected chi connectivity index (χ1v) is 5.28. The number of hydrogen-bond donors (Lipinski definition) is 2. The predicted octanol–water partition coefficient (Wildman–Crippen LogP) is 1.59. The van der Waals surface area contributed by atoms with Crippen molar-refractivity contribution < 1.29 is 4.79 Å². The molecule has 0 radical (unpaired) electrons. The Morgan fingerprint density at radius 2 is 2.35 bits per heavy atom. The summed E-state index contributed by atoms with van der Waals surface area (Å²) in [5, 5.41) is 9.89. The van der Waals surface area contributed by atoms with E-state index in [1.807, 2.05) is 6.92 Å². The molecular weight excluding hydrogens is 242 g/mol. The minimum atomic E-state index is 0.140. The molecule has 0 atom stereocenters. The second kappa shape index (κ2) is 4.92. The van der Waals surface area contributed by atoms with E-state index >= 15 is 0 Å². The summed E-state index contributed by atoms with van der Waals surface area (Å²) in [6.45, 7) is 2.42. The number of nitrogens with zero attached hydrogens (tertiary/aromatic N) is 3. The fourth-order valence-electron chi connectivity index (χ4n) is 1.35. The molecule has 0 unspecified atom stereocenters. The molecule has 0 spiro atoms. The first-order valence-electron chi connectivity index (χ1n) is 4.90. The Hall–Kier alpha value is -1.95. The van der Waals surface area contributed by atoms with E-state index in [2.05, 4.69) is 25.5 Å². The number of carbonyl (C=O) groups is 1. The van der Waals surface area contributed by atoms with Gasteiger partial charge >= 0.3 is 0 Å². The van der Waals surface area contributed by atoms with Crippen LogP contribution in [0.3, 0.4) is 0 Å². The fraction of sp³-hybridized carbons (Fsp3) is 0.200. The number of aldehydes is 1. The molecule has 0 fully saturated rings. The zero-order chi connectivity index (χ0) is 12.3. The van der Waals surface area contributed by atoms with Gasteiger partial charge in [0, 0.05) is 17.8 Å². The molecule has 0 bridgehead atoms. The van der Waals surface area contributed by atoms with Gasteiger partial charge in [-0.1, -0.05) is 11.6 Å². The monoisotopic (exact) mass is 251 g/mol. The van der Waals surface area contributed by atoms with Crippen molar-refractivity contribution in [3.63, 3.8) is 0 Å². The van der Waals surface area contributed by atoms with Crippen LogP contribution in [0.4, 0.5) is 5.82 Å². The number of aromatic nitrogens is 4. The van der Waals surface area contributed by atoms with Gasteiger partial charge < -0.3 is 5.32 Å². The predicted molar refractivity (Wildman–Crippen MR) is 63.1 cm³/mol. The van der Waals surface area contributed by atoms with Crippen molar-refractivity contribution in [1.29, 1.82) is 0 Å². The Balaban J connectivity index is 2.17. The van der Waals surface area contributed by atoms with E-state index in [4.69, 9.17) is 11.6 Å². The molecule has 0 aromatic carbocycles. The van der Waals surface area contributed by atoms with Crippen molar-refractivity contribution in [2.24, 2.45) is 0 Å². The summed E-state index contributed by atoms with van der Waals surface area (Å²) in [7, 11) is 0.